The average Bonchev–Trinajstić information content (AvgIpc) is 1.36. The molecule has 5 nitrogen and oxygen atoms in total. The van der Waals surface area contributed by atoms with Gasteiger partial charge in [-0.3, -0.25) is 9.11 Å². The summed E-state index contributed by atoms with van der Waals surface area (Å²) in [5, 5.41) is 0. The fraction of sp³-hybridized carbons (Fsp3) is 0. The predicted octanol–water partition coefficient (Wildman–Crippen LogP) is -1.25. The minimum atomic E-state index is -4.67. The molecule has 4 N–H and O–H groups in total. The Balaban J connectivity index is 0. The fourth-order valence-electron chi connectivity index (χ4n) is 0. The van der Waals surface area contributed by atoms with Gasteiger partial charge in [-0.25, -0.2) is 0 Å². The molecule has 0 aromatic heterocycles. The molecule has 7 heavy (non-hydrogen) atoms. The van der Waals surface area contributed by atoms with Crippen molar-refractivity contribution in [2.45, 2.75) is 0 Å². The van der Waals surface area contributed by atoms with Gasteiger partial charge in [-0.15, -0.1) is 0 Å². The molecule has 0 fully saturated rings. The molecule has 0 unspecified atom stereocenters. The van der Waals surface area contributed by atoms with Crippen LogP contribution in [0.4, 0.5) is 0 Å². The zero-order valence-corrected chi connectivity index (χ0v) is 4.82. The quantitative estimate of drug-likeness (QED) is 0.314. The average molecular weight is 173 g/mol. The summed E-state index contributed by atoms with van der Waals surface area (Å²) in [6, 6.07) is 0. The van der Waals surface area contributed by atoms with Crippen molar-refractivity contribution in [3.63, 3.8) is 0 Å². The first-order valence-electron chi connectivity index (χ1n) is 0.881. The standard InChI is InChI=1S/H2N.Ni.H2O4S/c;;1-5(2,3)4/h1H2;;(H2,1,2,3,4)/q-1;+1;. The van der Waals surface area contributed by atoms with Gasteiger partial charge >= 0.3 is 30.9 Å². The normalized spacial score (nSPS) is 9.29. The summed E-state index contributed by atoms with van der Waals surface area (Å²) in [6.07, 6.45) is 0. The maximum absolute atomic E-state index is 8.74. The van der Waals surface area contributed by atoms with Crippen LogP contribution in [-0.4, -0.2) is 17.5 Å². The Hall–Kier alpha value is 0.324. The first-order valence-corrected chi connectivity index (χ1v) is 2.85. The van der Waals surface area contributed by atoms with Crippen molar-refractivity contribution in [1.29, 1.82) is 0 Å². The van der Waals surface area contributed by atoms with Crippen LogP contribution in [0.3, 0.4) is 0 Å². The van der Waals surface area contributed by atoms with Crippen molar-refractivity contribution in [3.05, 3.63) is 0 Å². The Morgan fingerprint density at radius 3 is 1.29 bits per heavy atom. The van der Waals surface area contributed by atoms with E-state index in [1.807, 2.05) is 0 Å². The minimum absolute atomic E-state index is 3.38. The Bertz CT molecular complexity index is 94.9. The van der Waals surface area contributed by atoms with E-state index < -0.39 is 10.4 Å². The van der Waals surface area contributed by atoms with Crippen LogP contribution in [-0.2, 0) is 26.1 Å². The van der Waals surface area contributed by atoms with E-state index in [0.717, 1.165) is 0 Å². The van der Waals surface area contributed by atoms with Crippen LogP contribution in [0.2, 0.25) is 0 Å². The van der Waals surface area contributed by atoms with E-state index in [1.54, 1.807) is 0 Å². The predicted molar refractivity (Wildman–Crippen MR) is 18.4 cm³/mol. The van der Waals surface area contributed by atoms with Crippen molar-refractivity contribution in [2.75, 3.05) is 0 Å². The van der Waals surface area contributed by atoms with Gasteiger partial charge < -0.3 is 0 Å². The van der Waals surface area contributed by atoms with Gasteiger partial charge in [0.05, 0.1) is 0 Å². The number of hydrogen-bond acceptors (Lipinski definition) is 3. The molecular formula is H4NNiO4S. The van der Waals surface area contributed by atoms with Crippen LogP contribution >= 0.6 is 0 Å². The van der Waals surface area contributed by atoms with Gasteiger partial charge in [-0.05, 0) is 0 Å². The van der Waals surface area contributed by atoms with E-state index in [2.05, 4.69) is 20.5 Å². The zero-order chi connectivity index (χ0) is 6.50. The monoisotopic (exact) mass is 172 g/mol. The molecule has 0 saturated carbocycles. The fourth-order valence-corrected chi connectivity index (χ4v) is 0. The summed E-state index contributed by atoms with van der Waals surface area (Å²) in [5.41, 5.74) is 0. The third-order valence-electron chi connectivity index (χ3n) is 0. The van der Waals surface area contributed by atoms with Gasteiger partial charge in [0.1, 0.15) is 0 Å². The topological polar surface area (TPSA) is 101 Å². The third-order valence-corrected chi connectivity index (χ3v) is 0. The number of hydrogen-bond donors (Lipinski definition) is 3. The maximum atomic E-state index is 8.74. The van der Waals surface area contributed by atoms with Gasteiger partial charge in [0.2, 0.25) is 0 Å². The number of nitrogens with two attached hydrogens (primary N) is 1. The molecule has 7 heteroatoms. The Kier molecular flexibility index (Phi) is 6.62. The van der Waals surface area contributed by atoms with E-state index in [9.17, 15) is 0 Å². The first kappa shape index (κ1) is 10.3. The van der Waals surface area contributed by atoms with Crippen LogP contribution < -0.4 is 4.81 Å². The second-order valence-corrected chi connectivity index (χ2v) is 1.34. The van der Waals surface area contributed by atoms with Crippen molar-refractivity contribution in [2.24, 2.45) is 4.81 Å². The second kappa shape index (κ2) is 4.48. The second-order valence-electron chi connectivity index (χ2n) is 0.448. The molecule has 0 aromatic rings. The van der Waals surface area contributed by atoms with Gasteiger partial charge in [-0.1, -0.05) is 0 Å². The Morgan fingerprint density at radius 1 is 1.29 bits per heavy atom. The van der Waals surface area contributed by atoms with E-state index in [1.165, 1.54) is 0 Å². The van der Waals surface area contributed by atoms with Crippen molar-refractivity contribution in [1.82, 2.24) is 0 Å². The molecular weight excluding hydrogens is 169 g/mol. The van der Waals surface area contributed by atoms with Crippen LogP contribution in [0.15, 0.2) is 0 Å². The van der Waals surface area contributed by atoms with E-state index in [-0.39, 0.29) is 0 Å². The van der Waals surface area contributed by atoms with Crippen molar-refractivity contribution >= 4 is 10.4 Å². The zero-order valence-electron chi connectivity index (χ0n) is 3.01. The van der Waals surface area contributed by atoms with Gasteiger partial charge in [0.15, 0.2) is 0 Å². The van der Waals surface area contributed by atoms with Gasteiger partial charge in [0, 0.05) is 0 Å². The molecule has 0 atom stereocenters. The molecule has 0 aliphatic rings. The molecule has 0 aliphatic carbocycles. The molecule has 0 spiro atoms. The molecule has 0 radical (unpaired) electrons. The van der Waals surface area contributed by atoms with E-state index in [0.29, 0.717) is 0 Å². The molecule has 0 aliphatic heterocycles. The summed E-state index contributed by atoms with van der Waals surface area (Å²) >= 11 is 3.38. The summed E-state index contributed by atoms with van der Waals surface area (Å²) < 4.78 is 31.6. The SMILES string of the molecule is O=S(=O)(O)O.[NH2][Ni]. The molecule has 0 heterocycles. The summed E-state index contributed by atoms with van der Waals surface area (Å²) in [6.45, 7) is 0. The van der Waals surface area contributed by atoms with E-state index in [4.69, 9.17) is 17.5 Å². The Morgan fingerprint density at radius 2 is 1.29 bits per heavy atom. The molecule has 0 rings (SSSR count). The molecule has 49 valence electrons. The van der Waals surface area contributed by atoms with Crippen molar-refractivity contribution in [3.8, 4) is 0 Å². The van der Waals surface area contributed by atoms with Crippen LogP contribution in [0.1, 0.15) is 0 Å². The van der Waals surface area contributed by atoms with Crippen LogP contribution in [0.25, 0.3) is 0 Å². The molecule has 0 amide bonds. The third kappa shape index (κ3) is 1130. The summed E-state index contributed by atoms with van der Waals surface area (Å²) in [4.78, 5) is 4.12. The van der Waals surface area contributed by atoms with E-state index >= 15 is 0 Å². The molecule has 0 aromatic carbocycles. The molecule has 0 saturated heterocycles. The van der Waals surface area contributed by atoms with Gasteiger partial charge in [0.25, 0.3) is 0 Å². The number of rotatable bonds is 0. The van der Waals surface area contributed by atoms with Crippen molar-refractivity contribution < 1.29 is 33.2 Å². The van der Waals surface area contributed by atoms with Crippen LogP contribution in [0, 0.1) is 0 Å². The Labute approximate surface area is 49.0 Å². The summed E-state index contributed by atoms with van der Waals surface area (Å²) in [5.74, 6) is 0. The first-order chi connectivity index (χ1) is 3.00. The summed E-state index contributed by atoms with van der Waals surface area (Å²) in [7, 11) is -4.67. The molecule has 0 bridgehead atoms. The van der Waals surface area contributed by atoms with Gasteiger partial charge in [-0.2, -0.15) is 8.42 Å². The van der Waals surface area contributed by atoms with Crippen LogP contribution in [0.5, 0.6) is 0 Å².